The third-order valence-electron chi connectivity index (χ3n) is 5.23. The summed E-state index contributed by atoms with van der Waals surface area (Å²) in [6.07, 6.45) is 6.26. The number of hydrogen-bond acceptors (Lipinski definition) is 2. The molecule has 2 rings (SSSR count). The predicted octanol–water partition coefficient (Wildman–Crippen LogP) is 3.98. The van der Waals surface area contributed by atoms with Crippen molar-refractivity contribution in [2.45, 2.75) is 50.6 Å². The molecule has 1 aliphatic carbocycles. The van der Waals surface area contributed by atoms with E-state index in [1.165, 1.54) is 31.2 Å². The maximum Gasteiger partial charge on any atom is 0.0408 e. The molecule has 0 bridgehead atoms. The van der Waals surface area contributed by atoms with E-state index in [0.717, 1.165) is 17.4 Å². The molecule has 0 spiro atoms. The number of halogens is 1. The van der Waals surface area contributed by atoms with Gasteiger partial charge >= 0.3 is 0 Å². The average molecular weight is 309 g/mol. The highest BCUT2D eigenvalue weighted by Gasteiger charge is 2.42. The SMILES string of the molecule is CNC(Cc1cccc(Cl)c1)C1(N(C)C)CCCC(C)C1. The fourth-order valence-corrected chi connectivity index (χ4v) is 4.27. The lowest BCUT2D eigenvalue weighted by atomic mass is 9.70. The summed E-state index contributed by atoms with van der Waals surface area (Å²) in [5.41, 5.74) is 1.57. The van der Waals surface area contributed by atoms with Crippen molar-refractivity contribution < 1.29 is 0 Å². The lowest BCUT2D eigenvalue weighted by molar-refractivity contribution is 0.0399. The Morgan fingerprint density at radius 1 is 1.43 bits per heavy atom. The predicted molar refractivity (Wildman–Crippen MR) is 92.1 cm³/mol. The number of likely N-dealkylation sites (N-methyl/N-ethyl adjacent to an activating group) is 2. The molecule has 1 aromatic rings. The molecule has 1 saturated carbocycles. The number of rotatable bonds is 5. The van der Waals surface area contributed by atoms with Crippen LogP contribution in [-0.2, 0) is 6.42 Å². The first kappa shape index (κ1) is 16.8. The lowest BCUT2D eigenvalue weighted by Crippen LogP contribution is -2.61. The zero-order chi connectivity index (χ0) is 15.5. The summed E-state index contributed by atoms with van der Waals surface area (Å²) in [6.45, 7) is 2.39. The largest absolute Gasteiger partial charge is 0.315 e. The fraction of sp³-hybridized carbons (Fsp3) is 0.667. The molecule has 1 fully saturated rings. The van der Waals surface area contributed by atoms with Crippen LogP contribution in [0.3, 0.4) is 0 Å². The van der Waals surface area contributed by atoms with E-state index >= 15 is 0 Å². The van der Waals surface area contributed by atoms with Gasteiger partial charge < -0.3 is 10.2 Å². The number of nitrogens with one attached hydrogen (secondary N) is 1. The van der Waals surface area contributed by atoms with Gasteiger partial charge in [-0.3, -0.25) is 0 Å². The van der Waals surface area contributed by atoms with E-state index in [-0.39, 0.29) is 5.54 Å². The second-order valence-electron chi connectivity index (χ2n) is 6.87. The van der Waals surface area contributed by atoms with Gasteiger partial charge in [-0.05, 0) is 64.0 Å². The van der Waals surface area contributed by atoms with Crippen molar-refractivity contribution in [3.63, 3.8) is 0 Å². The van der Waals surface area contributed by atoms with Crippen LogP contribution in [0.15, 0.2) is 24.3 Å². The first-order valence-electron chi connectivity index (χ1n) is 8.07. The molecule has 0 aliphatic heterocycles. The van der Waals surface area contributed by atoms with Crippen LogP contribution in [0.1, 0.15) is 38.2 Å². The number of nitrogens with zero attached hydrogens (tertiary/aromatic N) is 1. The highest BCUT2D eigenvalue weighted by atomic mass is 35.5. The van der Waals surface area contributed by atoms with Gasteiger partial charge in [0.25, 0.3) is 0 Å². The highest BCUT2D eigenvalue weighted by molar-refractivity contribution is 6.30. The van der Waals surface area contributed by atoms with Crippen molar-refractivity contribution in [2.24, 2.45) is 5.92 Å². The van der Waals surface area contributed by atoms with E-state index in [2.05, 4.69) is 56.5 Å². The van der Waals surface area contributed by atoms with E-state index in [0.29, 0.717) is 6.04 Å². The van der Waals surface area contributed by atoms with Crippen molar-refractivity contribution in [3.8, 4) is 0 Å². The summed E-state index contributed by atoms with van der Waals surface area (Å²) in [6, 6.07) is 8.74. The maximum absolute atomic E-state index is 6.15. The van der Waals surface area contributed by atoms with Crippen molar-refractivity contribution >= 4 is 11.6 Å². The Labute approximate surface area is 134 Å². The zero-order valence-electron chi connectivity index (χ0n) is 13.8. The molecule has 21 heavy (non-hydrogen) atoms. The van der Waals surface area contributed by atoms with Crippen molar-refractivity contribution in [3.05, 3.63) is 34.9 Å². The molecular formula is C18H29ClN2. The monoisotopic (exact) mass is 308 g/mol. The molecule has 1 aromatic carbocycles. The van der Waals surface area contributed by atoms with E-state index in [4.69, 9.17) is 11.6 Å². The van der Waals surface area contributed by atoms with Gasteiger partial charge in [0.05, 0.1) is 0 Å². The average Bonchev–Trinajstić information content (AvgIpc) is 2.44. The number of benzene rings is 1. The van der Waals surface area contributed by atoms with Gasteiger partial charge in [-0.15, -0.1) is 0 Å². The molecule has 0 heterocycles. The van der Waals surface area contributed by atoms with Crippen molar-refractivity contribution in [2.75, 3.05) is 21.1 Å². The topological polar surface area (TPSA) is 15.3 Å². The van der Waals surface area contributed by atoms with Crippen molar-refractivity contribution in [1.29, 1.82) is 0 Å². The Balaban J connectivity index is 2.23. The molecule has 2 nitrogen and oxygen atoms in total. The first-order chi connectivity index (χ1) is 9.98. The van der Waals surface area contributed by atoms with Gasteiger partial charge in [0, 0.05) is 16.6 Å². The van der Waals surface area contributed by atoms with Crippen molar-refractivity contribution in [1.82, 2.24) is 10.2 Å². The van der Waals surface area contributed by atoms with Crippen LogP contribution in [0.25, 0.3) is 0 Å². The summed E-state index contributed by atoms with van der Waals surface area (Å²) >= 11 is 6.15. The third kappa shape index (κ3) is 3.80. The Kier molecular flexibility index (Phi) is 5.70. The Morgan fingerprint density at radius 2 is 2.19 bits per heavy atom. The molecule has 3 heteroatoms. The van der Waals surface area contributed by atoms with Gasteiger partial charge in [0.1, 0.15) is 0 Å². The summed E-state index contributed by atoms with van der Waals surface area (Å²) in [7, 11) is 6.57. The third-order valence-corrected chi connectivity index (χ3v) is 5.46. The van der Waals surface area contributed by atoms with Crippen LogP contribution in [0, 0.1) is 5.92 Å². The second-order valence-corrected chi connectivity index (χ2v) is 7.31. The summed E-state index contributed by atoms with van der Waals surface area (Å²) in [5.74, 6) is 0.802. The minimum Gasteiger partial charge on any atom is -0.315 e. The van der Waals surface area contributed by atoms with E-state index < -0.39 is 0 Å². The van der Waals surface area contributed by atoms with Gasteiger partial charge in [-0.1, -0.05) is 43.5 Å². The van der Waals surface area contributed by atoms with Crippen LogP contribution in [0.2, 0.25) is 5.02 Å². The standard InChI is InChI=1S/C18H29ClN2/c1-14-7-6-10-18(13-14,21(3)4)17(20-2)12-15-8-5-9-16(19)11-15/h5,8-9,11,14,17,20H,6-7,10,12-13H2,1-4H3. The van der Waals surface area contributed by atoms with Gasteiger partial charge in [0.2, 0.25) is 0 Å². The van der Waals surface area contributed by atoms with Crippen LogP contribution < -0.4 is 5.32 Å². The minimum absolute atomic E-state index is 0.245. The summed E-state index contributed by atoms with van der Waals surface area (Å²) in [5, 5.41) is 4.43. The molecule has 0 amide bonds. The van der Waals surface area contributed by atoms with Crippen LogP contribution in [0.4, 0.5) is 0 Å². The first-order valence-corrected chi connectivity index (χ1v) is 8.45. The van der Waals surface area contributed by atoms with Crippen LogP contribution in [-0.4, -0.2) is 37.6 Å². The van der Waals surface area contributed by atoms with E-state index in [1.807, 2.05) is 6.07 Å². The molecule has 118 valence electrons. The second kappa shape index (κ2) is 7.13. The smallest absolute Gasteiger partial charge is 0.0408 e. The maximum atomic E-state index is 6.15. The molecule has 0 saturated heterocycles. The van der Waals surface area contributed by atoms with E-state index in [9.17, 15) is 0 Å². The minimum atomic E-state index is 0.245. The van der Waals surface area contributed by atoms with E-state index in [1.54, 1.807) is 0 Å². The molecule has 1 N–H and O–H groups in total. The quantitative estimate of drug-likeness (QED) is 0.885. The summed E-state index contributed by atoms with van der Waals surface area (Å²) in [4.78, 5) is 2.45. The molecule has 1 aliphatic rings. The van der Waals surface area contributed by atoms with Gasteiger partial charge in [0.15, 0.2) is 0 Å². The molecule has 3 atom stereocenters. The Bertz CT molecular complexity index is 460. The zero-order valence-corrected chi connectivity index (χ0v) is 14.6. The lowest BCUT2D eigenvalue weighted by Gasteiger charge is -2.50. The Hall–Kier alpha value is -0.570. The van der Waals surface area contributed by atoms with Gasteiger partial charge in [-0.2, -0.15) is 0 Å². The molecule has 0 radical (unpaired) electrons. The Morgan fingerprint density at radius 3 is 2.76 bits per heavy atom. The highest BCUT2D eigenvalue weighted by Crippen LogP contribution is 2.39. The van der Waals surface area contributed by atoms with Crippen LogP contribution >= 0.6 is 11.6 Å². The molecular weight excluding hydrogens is 280 g/mol. The summed E-state index contributed by atoms with van der Waals surface area (Å²) < 4.78 is 0. The fourth-order valence-electron chi connectivity index (χ4n) is 4.06. The number of hydrogen-bond donors (Lipinski definition) is 1. The molecule has 3 unspecified atom stereocenters. The van der Waals surface area contributed by atoms with Gasteiger partial charge in [-0.25, -0.2) is 0 Å². The van der Waals surface area contributed by atoms with Crippen LogP contribution in [0.5, 0.6) is 0 Å². The normalized spacial score (nSPS) is 27.8. The molecule has 0 aromatic heterocycles.